The van der Waals surface area contributed by atoms with Crippen LogP contribution in [0.5, 0.6) is 11.5 Å². The van der Waals surface area contributed by atoms with E-state index < -0.39 is 29.5 Å². The highest BCUT2D eigenvalue weighted by Crippen LogP contribution is 2.38. The lowest BCUT2D eigenvalue weighted by atomic mass is 9.83. The van der Waals surface area contributed by atoms with E-state index in [4.69, 9.17) is 18.9 Å². The van der Waals surface area contributed by atoms with E-state index in [0.717, 1.165) is 5.57 Å². The standard InChI is InChI=1S/C25H28O8/c1-14-10-24(32-18(5)28)20(11-22(14)30-16(3)26)8-9-21-12-23(31-17(4)27)15(2)13-25(21,7)33-19(6)29/h8-12H,13H2,1-7H3/b9-8+. The van der Waals surface area contributed by atoms with Crippen LogP contribution < -0.4 is 9.47 Å². The zero-order valence-corrected chi connectivity index (χ0v) is 19.9. The molecule has 1 atom stereocenters. The number of aryl methyl sites for hydroxylation is 1. The smallest absolute Gasteiger partial charge is 0.308 e. The van der Waals surface area contributed by atoms with Crippen molar-refractivity contribution in [2.75, 3.05) is 0 Å². The third-order valence-electron chi connectivity index (χ3n) is 4.80. The highest BCUT2D eigenvalue weighted by Gasteiger charge is 2.36. The number of hydrogen-bond acceptors (Lipinski definition) is 8. The van der Waals surface area contributed by atoms with E-state index in [-0.39, 0.29) is 5.75 Å². The van der Waals surface area contributed by atoms with Crippen LogP contribution in [0.4, 0.5) is 0 Å². The van der Waals surface area contributed by atoms with Gasteiger partial charge in [0, 0.05) is 39.7 Å². The Bertz CT molecular complexity index is 1090. The number of carbonyl (C=O) groups excluding carboxylic acids is 4. The second-order valence-electron chi connectivity index (χ2n) is 8.02. The zero-order chi connectivity index (χ0) is 24.9. The van der Waals surface area contributed by atoms with Crippen molar-refractivity contribution in [1.82, 2.24) is 0 Å². The van der Waals surface area contributed by atoms with Crippen molar-refractivity contribution in [3.8, 4) is 11.5 Å². The van der Waals surface area contributed by atoms with Crippen molar-refractivity contribution in [2.24, 2.45) is 0 Å². The average Bonchev–Trinajstić information content (AvgIpc) is 2.64. The Morgan fingerprint density at radius 1 is 0.818 bits per heavy atom. The van der Waals surface area contributed by atoms with Gasteiger partial charge < -0.3 is 18.9 Å². The summed E-state index contributed by atoms with van der Waals surface area (Å²) in [6, 6.07) is 3.17. The molecule has 1 aromatic carbocycles. The van der Waals surface area contributed by atoms with Gasteiger partial charge in [0.25, 0.3) is 0 Å². The summed E-state index contributed by atoms with van der Waals surface area (Å²) in [4.78, 5) is 46.3. The molecule has 8 heteroatoms. The first-order chi connectivity index (χ1) is 15.3. The molecule has 0 heterocycles. The van der Waals surface area contributed by atoms with Gasteiger partial charge in [-0.3, -0.25) is 19.2 Å². The van der Waals surface area contributed by atoms with Gasteiger partial charge >= 0.3 is 23.9 Å². The summed E-state index contributed by atoms with van der Waals surface area (Å²) in [5.41, 5.74) is 1.36. The minimum absolute atomic E-state index is 0.268. The van der Waals surface area contributed by atoms with Crippen LogP contribution in [-0.2, 0) is 28.7 Å². The number of allylic oxidation sites excluding steroid dienone is 1. The maximum atomic E-state index is 11.8. The number of hydrogen-bond donors (Lipinski definition) is 0. The molecule has 0 aromatic heterocycles. The Balaban J connectivity index is 2.59. The summed E-state index contributed by atoms with van der Waals surface area (Å²) in [5, 5.41) is 0. The molecule has 1 aliphatic carbocycles. The van der Waals surface area contributed by atoms with Crippen molar-refractivity contribution in [3.05, 3.63) is 52.3 Å². The number of ether oxygens (including phenoxy) is 4. The lowest BCUT2D eigenvalue weighted by Gasteiger charge is -2.34. The Morgan fingerprint density at radius 2 is 1.39 bits per heavy atom. The molecular weight excluding hydrogens is 428 g/mol. The summed E-state index contributed by atoms with van der Waals surface area (Å²) in [5.74, 6) is -0.981. The fraction of sp³-hybridized carbons (Fsp3) is 0.360. The van der Waals surface area contributed by atoms with Crippen molar-refractivity contribution in [2.45, 2.75) is 60.5 Å². The molecule has 0 amide bonds. The Hall–Kier alpha value is -3.68. The van der Waals surface area contributed by atoms with Crippen molar-refractivity contribution in [1.29, 1.82) is 0 Å². The van der Waals surface area contributed by atoms with Gasteiger partial charge in [-0.15, -0.1) is 0 Å². The minimum atomic E-state index is -1.01. The predicted molar refractivity (Wildman–Crippen MR) is 120 cm³/mol. The van der Waals surface area contributed by atoms with Gasteiger partial charge in [0.05, 0.1) is 0 Å². The van der Waals surface area contributed by atoms with E-state index in [1.54, 1.807) is 51.1 Å². The van der Waals surface area contributed by atoms with Gasteiger partial charge in [-0.25, -0.2) is 0 Å². The molecule has 1 aromatic rings. The van der Waals surface area contributed by atoms with Crippen LogP contribution >= 0.6 is 0 Å². The molecule has 0 fully saturated rings. The van der Waals surface area contributed by atoms with E-state index in [2.05, 4.69) is 0 Å². The molecule has 2 rings (SSSR count). The highest BCUT2D eigenvalue weighted by atomic mass is 16.6. The van der Waals surface area contributed by atoms with E-state index in [1.165, 1.54) is 27.7 Å². The third-order valence-corrected chi connectivity index (χ3v) is 4.80. The highest BCUT2D eigenvalue weighted by molar-refractivity contribution is 5.75. The fourth-order valence-electron chi connectivity index (χ4n) is 3.52. The normalized spacial score (nSPS) is 18.0. The summed E-state index contributed by atoms with van der Waals surface area (Å²) < 4.78 is 21.5. The molecule has 0 spiro atoms. The van der Waals surface area contributed by atoms with Crippen LogP contribution in [0.2, 0.25) is 0 Å². The monoisotopic (exact) mass is 456 g/mol. The number of benzene rings is 1. The first-order valence-corrected chi connectivity index (χ1v) is 10.3. The zero-order valence-electron chi connectivity index (χ0n) is 19.9. The Morgan fingerprint density at radius 3 is 1.94 bits per heavy atom. The van der Waals surface area contributed by atoms with Crippen LogP contribution in [-0.4, -0.2) is 29.5 Å². The van der Waals surface area contributed by atoms with Crippen LogP contribution in [0.1, 0.15) is 59.1 Å². The van der Waals surface area contributed by atoms with Crippen molar-refractivity contribution in [3.63, 3.8) is 0 Å². The first kappa shape index (κ1) is 25.6. The fourth-order valence-corrected chi connectivity index (χ4v) is 3.52. The minimum Gasteiger partial charge on any atom is -0.454 e. The van der Waals surface area contributed by atoms with Gasteiger partial charge in [0.2, 0.25) is 0 Å². The van der Waals surface area contributed by atoms with Crippen LogP contribution in [0.3, 0.4) is 0 Å². The third kappa shape index (κ3) is 6.90. The summed E-state index contributed by atoms with van der Waals surface area (Å²) in [7, 11) is 0. The molecule has 1 aliphatic rings. The summed E-state index contributed by atoms with van der Waals surface area (Å²) >= 11 is 0. The second-order valence-corrected chi connectivity index (χ2v) is 8.02. The summed E-state index contributed by atoms with van der Waals surface area (Å²) in [6.45, 7) is 10.5. The van der Waals surface area contributed by atoms with Gasteiger partial charge in [-0.05, 0) is 55.7 Å². The molecule has 33 heavy (non-hydrogen) atoms. The van der Waals surface area contributed by atoms with Gasteiger partial charge in [-0.1, -0.05) is 12.2 Å². The van der Waals surface area contributed by atoms with Gasteiger partial charge in [-0.2, -0.15) is 0 Å². The van der Waals surface area contributed by atoms with E-state index in [9.17, 15) is 19.2 Å². The van der Waals surface area contributed by atoms with Crippen LogP contribution in [0.15, 0.2) is 41.2 Å². The number of carbonyl (C=O) groups is 4. The largest absolute Gasteiger partial charge is 0.454 e. The SMILES string of the molecule is CC(=O)OC1=C(C)CC(C)(OC(C)=O)C(/C=C/c2cc(OC(C)=O)c(C)cc2OC(C)=O)=C1. The van der Waals surface area contributed by atoms with Crippen LogP contribution in [0.25, 0.3) is 6.08 Å². The Kier molecular flexibility index (Phi) is 7.98. The molecule has 0 bridgehead atoms. The molecule has 1 unspecified atom stereocenters. The summed E-state index contributed by atoms with van der Waals surface area (Å²) in [6.07, 6.45) is 5.26. The van der Waals surface area contributed by atoms with Gasteiger partial charge in [0.1, 0.15) is 22.9 Å². The maximum absolute atomic E-state index is 11.8. The second kappa shape index (κ2) is 10.3. The maximum Gasteiger partial charge on any atom is 0.308 e. The molecule has 176 valence electrons. The lowest BCUT2D eigenvalue weighted by Crippen LogP contribution is -2.35. The average molecular weight is 456 g/mol. The number of esters is 4. The molecule has 8 nitrogen and oxygen atoms in total. The van der Waals surface area contributed by atoms with Crippen molar-refractivity contribution >= 4 is 30.0 Å². The molecule has 0 saturated carbocycles. The molecular formula is C25H28O8. The van der Waals surface area contributed by atoms with E-state index in [0.29, 0.717) is 34.6 Å². The van der Waals surface area contributed by atoms with Crippen molar-refractivity contribution < 1.29 is 38.1 Å². The topological polar surface area (TPSA) is 105 Å². The lowest BCUT2D eigenvalue weighted by molar-refractivity contribution is -0.152. The molecule has 0 aliphatic heterocycles. The molecule has 0 radical (unpaired) electrons. The van der Waals surface area contributed by atoms with Crippen LogP contribution in [0, 0.1) is 6.92 Å². The first-order valence-electron chi connectivity index (χ1n) is 10.3. The quantitative estimate of drug-likeness (QED) is 0.460. The Labute approximate surface area is 192 Å². The van der Waals surface area contributed by atoms with E-state index in [1.807, 2.05) is 0 Å². The molecule has 0 saturated heterocycles. The number of rotatable bonds is 6. The predicted octanol–water partition coefficient (Wildman–Crippen LogP) is 4.35. The van der Waals surface area contributed by atoms with Gasteiger partial charge in [0.15, 0.2) is 0 Å². The van der Waals surface area contributed by atoms with E-state index >= 15 is 0 Å². The molecule has 0 N–H and O–H groups in total.